The lowest BCUT2D eigenvalue weighted by molar-refractivity contribution is -0.116. The average Bonchev–Trinajstić information content (AvgIpc) is 3.09. The maximum atomic E-state index is 13.4. The summed E-state index contributed by atoms with van der Waals surface area (Å²) in [6, 6.07) is 5.78. The molecule has 10 heteroatoms. The first-order chi connectivity index (χ1) is 13.6. The molecule has 2 heterocycles. The molecule has 0 radical (unpaired) electrons. The molecule has 29 heavy (non-hydrogen) atoms. The molecule has 3 aromatic rings. The van der Waals surface area contributed by atoms with E-state index in [2.05, 4.69) is 15.5 Å². The molecule has 0 saturated carbocycles. The number of H-pyrrole nitrogens is 1. The van der Waals surface area contributed by atoms with Crippen LogP contribution in [0.3, 0.4) is 0 Å². The Labute approximate surface area is 168 Å². The van der Waals surface area contributed by atoms with Crippen molar-refractivity contribution in [2.75, 3.05) is 11.9 Å². The molecule has 1 aromatic carbocycles. The molecule has 0 fully saturated rings. The number of fused-ring (bicyclic) bond motifs is 1. The fourth-order valence-corrected chi connectivity index (χ4v) is 4.86. The van der Waals surface area contributed by atoms with Crippen LogP contribution in [-0.2, 0) is 21.9 Å². The molecule has 0 saturated heterocycles. The van der Waals surface area contributed by atoms with Gasteiger partial charge in [0.15, 0.2) is 0 Å². The van der Waals surface area contributed by atoms with Crippen molar-refractivity contribution in [2.45, 2.75) is 31.7 Å². The SMILES string of the molecule is Cc1cc(S(=O)(=O)N(CC(=O)Nc2ccn(C)c(=O)c2)C(C)C)c2[nH]ncc2c1. The number of carbonyl (C=O) groups is 1. The van der Waals surface area contributed by atoms with Crippen LogP contribution in [0.25, 0.3) is 10.9 Å². The van der Waals surface area contributed by atoms with E-state index < -0.39 is 28.5 Å². The highest BCUT2D eigenvalue weighted by atomic mass is 32.2. The third-order valence-electron chi connectivity index (χ3n) is 4.51. The number of aromatic nitrogens is 3. The van der Waals surface area contributed by atoms with E-state index in [4.69, 9.17) is 0 Å². The summed E-state index contributed by atoms with van der Waals surface area (Å²) in [7, 11) is -2.39. The maximum Gasteiger partial charge on any atom is 0.252 e. The average molecular weight is 417 g/mol. The zero-order chi connectivity index (χ0) is 21.3. The fraction of sp³-hybridized carbons (Fsp3) is 0.316. The minimum Gasteiger partial charge on any atom is -0.325 e. The summed E-state index contributed by atoms with van der Waals surface area (Å²) in [6.07, 6.45) is 3.08. The number of hydrogen-bond acceptors (Lipinski definition) is 5. The number of aryl methyl sites for hydroxylation is 2. The third-order valence-corrected chi connectivity index (χ3v) is 6.55. The van der Waals surface area contributed by atoms with E-state index in [1.54, 1.807) is 46.1 Å². The highest BCUT2D eigenvalue weighted by Crippen LogP contribution is 2.27. The molecule has 0 aliphatic carbocycles. The number of sulfonamides is 1. The molecule has 0 bridgehead atoms. The first-order valence-electron chi connectivity index (χ1n) is 9.01. The van der Waals surface area contributed by atoms with Crippen LogP contribution in [0.5, 0.6) is 0 Å². The largest absolute Gasteiger partial charge is 0.325 e. The van der Waals surface area contributed by atoms with Crippen molar-refractivity contribution in [3.05, 3.63) is 52.6 Å². The van der Waals surface area contributed by atoms with Gasteiger partial charge in [-0.05, 0) is 44.5 Å². The molecule has 0 aliphatic heterocycles. The van der Waals surface area contributed by atoms with Crippen LogP contribution in [0.2, 0.25) is 0 Å². The van der Waals surface area contributed by atoms with Gasteiger partial charge in [-0.2, -0.15) is 9.40 Å². The molecule has 154 valence electrons. The summed E-state index contributed by atoms with van der Waals surface area (Å²) in [4.78, 5) is 24.3. The van der Waals surface area contributed by atoms with Crippen molar-refractivity contribution in [3.63, 3.8) is 0 Å². The highest BCUT2D eigenvalue weighted by molar-refractivity contribution is 7.89. The summed E-state index contributed by atoms with van der Waals surface area (Å²) < 4.78 is 29.2. The topological polar surface area (TPSA) is 117 Å². The molecule has 0 atom stereocenters. The summed E-state index contributed by atoms with van der Waals surface area (Å²) >= 11 is 0. The summed E-state index contributed by atoms with van der Waals surface area (Å²) in [5, 5.41) is 9.92. The lowest BCUT2D eigenvalue weighted by Crippen LogP contribution is -2.42. The van der Waals surface area contributed by atoms with E-state index in [9.17, 15) is 18.0 Å². The molecule has 0 spiro atoms. The number of nitrogens with zero attached hydrogens (tertiary/aromatic N) is 3. The Morgan fingerprint density at radius 2 is 2.03 bits per heavy atom. The Hall–Kier alpha value is -2.98. The minimum atomic E-state index is -3.99. The monoisotopic (exact) mass is 417 g/mol. The van der Waals surface area contributed by atoms with Crippen LogP contribution in [0.15, 0.2) is 46.3 Å². The number of benzene rings is 1. The van der Waals surface area contributed by atoms with Crippen LogP contribution < -0.4 is 10.9 Å². The number of hydrogen-bond donors (Lipinski definition) is 2. The van der Waals surface area contributed by atoms with Gasteiger partial charge in [0.2, 0.25) is 15.9 Å². The Morgan fingerprint density at radius 1 is 1.31 bits per heavy atom. The van der Waals surface area contributed by atoms with Gasteiger partial charge in [-0.25, -0.2) is 8.42 Å². The molecule has 9 nitrogen and oxygen atoms in total. The van der Waals surface area contributed by atoms with Crippen molar-refractivity contribution < 1.29 is 13.2 Å². The van der Waals surface area contributed by atoms with Gasteiger partial charge >= 0.3 is 0 Å². The van der Waals surface area contributed by atoms with Crippen molar-refractivity contribution in [3.8, 4) is 0 Å². The maximum absolute atomic E-state index is 13.4. The molecule has 0 unspecified atom stereocenters. The number of rotatable bonds is 6. The van der Waals surface area contributed by atoms with Gasteiger partial charge in [-0.1, -0.05) is 0 Å². The van der Waals surface area contributed by atoms with E-state index in [-0.39, 0.29) is 10.5 Å². The molecule has 0 aliphatic rings. The zero-order valence-corrected chi connectivity index (χ0v) is 17.4. The van der Waals surface area contributed by atoms with Gasteiger partial charge in [0, 0.05) is 36.4 Å². The lowest BCUT2D eigenvalue weighted by atomic mass is 10.2. The summed E-state index contributed by atoms with van der Waals surface area (Å²) in [5.41, 5.74) is 1.20. The normalized spacial score (nSPS) is 12.1. The van der Waals surface area contributed by atoms with Crippen molar-refractivity contribution >= 4 is 32.5 Å². The quantitative estimate of drug-likeness (QED) is 0.632. The number of amides is 1. The van der Waals surface area contributed by atoms with Gasteiger partial charge in [-0.3, -0.25) is 14.7 Å². The molecular formula is C19H23N5O4S. The highest BCUT2D eigenvalue weighted by Gasteiger charge is 2.31. The first kappa shape index (κ1) is 20.7. The minimum absolute atomic E-state index is 0.0695. The van der Waals surface area contributed by atoms with Crippen molar-refractivity contribution in [1.29, 1.82) is 0 Å². The van der Waals surface area contributed by atoms with E-state index in [0.29, 0.717) is 16.6 Å². The second kappa shape index (κ2) is 7.80. The van der Waals surface area contributed by atoms with Crippen LogP contribution in [0, 0.1) is 6.92 Å². The lowest BCUT2D eigenvalue weighted by Gasteiger charge is -2.25. The van der Waals surface area contributed by atoms with Crippen molar-refractivity contribution in [2.24, 2.45) is 7.05 Å². The number of aromatic amines is 1. The second-order valence-corrected chi connectivity index (χ2v) is 9.01. The fourth-order valence-electron chi connectivity index (χ4n) is 3.01. The van der Waals surface area contributed by atoms with Gasteiger partial charge in [0.1, 0.15) is 4.90 Å². The van der Waals surface area contributed by atoms with E-state index in [0.717, 1.165) is 9.87 Å². The van der Waals surface area contributed by atoms with E-state index in [1.807, 2.05) is 6.07 Å². The van der Waals surface area contributed by atoms with Gasteiger partial charge in [0.05, 0.1) is 18.3 Å². The van der Waals surface area contributed by atoms with Crippen LogP contribution >= 0.6 is 0 Å². The number of pyridine rings is 1. The van der Waals surface area contributed by atoms with Gasteiger partial charge in [-0.15, -0.1) is 0 Å². The van der Waals surface area contributed by atoms with Crippen LogP contribution in [-0.4, -0.2) is 46.0 Å². The molecule has 2 aromatic heterocycles. The Balaban J connectivity index is 1.92. The predicted octanol–water partition coefficient (Wildman–Crippen LogP) is 1.61. The molecular weight excluding hydrogens is 394 g/mol. The zero-order valence-electron chi connectivity index (χ0n) is 16.6. The number of nitrogens with one attached hydrogen (secondary N) is 2. The Morgan fingerprint density at radius 3 is 2.69 bits per heavy atom. The van der Waals surface area contributed by atoms with E-state index in [1.165, 1.54) is 16.8 Å². The third kappa shape index (κ3) is 4.22. The summed E-state index contributed by atoms with van der Waals surface area (Å²) in [6.45, 7) is 4.80. The molecule has 2 N–H and O–H groups in total. The van der Waals surface area contributed by atoms with E-state index >= 15 is 0 Å². The summed E-state index contributed by atoms with van der Waals surface area (Å²) in [5.74, 6) is -0.538. The molecule has 1 amide bonds. The number of anilines is 1. The predicted molar refractivity (Wildman–Crippen MR) is 110 cm³/mol. The van der Waals surface area contributed by atoms with Crippen LogP contribution in [0.4, 0.5) is 5.69 Å². The second-order valence-electron chi connectivity index (χ2n) is 7.15. The van der Waals surface area contributed by atoms with Crippen LogP contribution in [0.1, 0.15) is 19.4 Å². The first-order valence-corrected chi connectivity index (χ1v) is 10.5. The Bertz CT molecular complexity index is 1230. The molecule has 3 rings (SSSR count). The van der Waals surface area contributed by atoms with Gasteiger partial charge in [0.25, 0.3) is 5.56 Å². The standard InChI is InChI=1S/C19H23N5O4S/c1-12(2)24(11-17(25)21-15-5-6-23(4)18(26)9-15)29(27,28)16-8-13(3)7-14-10-20-22-19(14)16/h5-10,12H,11H2,1-4H3,(H,20,22)(H,21,25). The van der Waals surface area contributed by atoms with Gasteiger partial charge < -0.3 is 9.88 Å². The van der Waals surface area contributed by atoms with Crippen molar-refractivity contribution in [1.82, 2.24) is 19.1 Å². The Kier molecular flexibility index (Phi) is 5.58. The smallest absolute Gasteiger partial charge is 0.252 e. The number of carbonyl (C=O) groups excluding carboxylic acids is 1.